The predicted molar refractivity (Wildman–Crippen MR) is 86.1 cm³/mol. The van der Waals surface area contributed by atoms with E-state index < -0.39 is 0 Å². The molecule has 1 N–H and O–H groups in total. The summed E-state index contributed by atoms with van der Waals surface area (Å²) in [7, 11) is 1.81. The van der Waals surface area contributed by atoms with Crippen molar-refractivity contribution in [3.8, 4) is 0 Å². The molecule has 108 valence electrons. The first-order valence-corrected chi connectivity index (χ1v) is 7.55. The predicted octanol–water partition coefficient (Wildman–Crippen LogP) is 4.31. The van der Waals surface area contributed by atoms with Crippen molar-refractivity contribution in [3.63, 3.8) is 0 Å². The maximum absolute atomic E-state index is 5.71. The molecule has 20 heavy (non-hydrogen) atoms. The van der Waals surface area contributed by atoms with Crippen molar-refractivity contribution in [1.29, 1.82) is 0 Å². The molecule has 0 aliphatic rings. The summed E-state index contributed by atoms with van der Waals surface area (Å²) < 4.78 is 5.71. The van der Waals surface area contributed by atoms with E-state index in [9.17, 15) is 0 Å². The molecule has 0 radical (unpaired) electrons. The quantitative estimate of drug-likeness (QED) is 0.810. The van der Waals surface area contributed by atoms with E-state index in [0.29, 0.717) is 0 Å². The molecule has 2 aromatic rings. The van der Waals surface area contributed by atoms with E-state index in [1.165, 1.54) is 16.3 Å². The van der Waals surface area contributed by atoms with Crippen molar-refractivity contribution in [2.24, 2.45) is 0 Å². The van der Waals surface area contributed by atoms with Crippen molar-refractivity contribution in [2.75, 3.05) is 13.7 Å². The van der Waals surface area contributed by atoms with E-state index in [1.54, 1.807) is 0 Å². The molecule has 2 unspecified atom stereocenters. The number of hydrogen-bond donors (Lipinski definition) is 1. The molecule has 0 aliphatic carbocycles. The van der Waals surface area contributed by atoms with Crippen LogP contribution in [0.1, 0.15) is 38.3 Å². The number of benzene rings is 2. The van der Waals surface area contributed by atoms with Crippen LogP contribution >= 0.6 is 0 Å². The Hall–Kier alpha value is -1.38. The lowest BCUT2D eigenvalue weighted by Crippen LogP contribution is -2.33. The van der Waals surface area contributed by atoms with Gasteiger partial charge in [-0.05, 0) is 35.4 Å². The topological polar surface area (TPSA) is 21.3 Å². The van der Waals surface area contributed by atoms with E-state index in [2.05, 4.69) is 61.6 Å². The monoisotopic (exact) mass is 271 g/mol. The van der Waals surface area contributed by atoms with Gasteiger partial charge in [-0.3, -0.25) is 0 Å². The van der Waals surface area contributed by atoms with Crippen LogP contribution in [-0.2, 0) is 4.74 Å². The minimum atomic E-state index is 0.223. The number of rotatable bonds is 7. The average molecular weight is 271 g/mol. The van der Waals surface area contributed by atoms with Gasteiger partial charge in [0, 0.05) is 7.11 Å². The van der Waals surface area contributed by atoms with Crippen molar-refractivity contribution in [3.05, 3.63) is 48.0 Å². The third-order valence-corrected chi connectivity index (χ3v) is 3.80. The summed E-state index contributed by atoms with van der Waals surface area (Å²) in [6.07, 6.45) is 2.43. The number of hydrogen-bond acceptors (Lipinski definition) is 2. The lowest BCUT2D eigenvalue weighted by Gasteiger charge is -2.27. The SMILES string of the molecule is CCCC(OC)C(NCC)c1ccc2ccccc2c1. The smallest absolute Gasteiger partial charge is 0.0765 e. The van der Waals surface area contributed by atoms with E-state index in [-0.39, 0.29) is 12.1 Å². The van der Waals surface area contributed by atoms with Gasteiger partial charge in [0.15, 0.2) is 0 Å². The average Bonchev–Trinajstić information content (AvgIpc) is 2.50. The highest BCUT2D eigenvalue weighted by atomic mass is 16.5. The Morgan fingerprint density at radius 3 is 2.45 bits per heavy atom. The van der Waals surface area contributed by atoms with Crippen LogP contribution in [0.15, 0.2) is 42.5 Å². The largest absolute Gasteiger partial charge is 0.379 e. The van der Waals surface area contributed by atoms with Gasteiger partial charge >= 0.3 is 0 Å². The van der Waals surface area contributed by atoms with Crippen LogP contribution < -0.4 is 5.32 Å². The van der Waals surface area contributed by atoms with Gasteiger partial charge in [0.1, 0.15) is 0 Å². The van der Waals surface area contributed by atoms with E-state index >= 15 is 0 Å². The fraction of sp³-hybridized carbons (Fsp3) is 0.444. The molecule has 2 nitrogen and oxygen atoms in total. The summed E-state index contributed by atoms with van der Waals surface area (Å²) in [4.78, 5) is 0. The first kappa shape index (κ1) is 15.0. The summed E-state index contributed by atoms with van der Waals surface area (Å²) in [5.41, 5.74) is 1.31. The number of methoxy groups -OCH3 is 1. The second-order valence-electron chi connectivity index (χ2n) is 5.20. The van der Waals surface area contributed by atoms with Crippen molar-refractivity contribution in [2.45, 2.75) is 38.8 Å². The Morgan fingerprint density at radius 1 is 1.05 bits per heavy atom. The third kappa shape index (κ3) is 3.38. The van der Waals surface area contributed by atoms with E-state index in [4.69, 9.17) is 4.74 Å². The standard InChI is InChI=1S/C18H25NO/c1-4-8-17(20-3)18(19-5-2)16-12-11-14-9-6-7-10-15(14)13-16/h6-7,9-13,17-19H,4-5,8H2,1-3H3. The summed E-state index contributed by atoms with van der Waals surface area (Å²) in [6.45, 7) is 5.29. The molecule has 0 heterocycles. The molecule has 2 rings (SSSR count). The summed E-state index contributed by atoms with van der Waals surface area (Å²) in [6, 6.07) is 15.5. The molecule has 0 amide bonds. The molecule has 0 aliphatic heterocycles. The summed E-state index contributed by atoms with van der Waals surface area (Å²) in [5, 5.41) is 6.15. The fourth-order valence-electron chi connectivity index (χ4n) is 2.79. The number of fused-ring (bicyclic) bond motifs is 1. The van der Waals surface area contributed by atoms with Gasteiger partial charge in [-0.2, -0.15) is 0 Å². The third-order valence-electron chi connectivity index (χ3n) is 3.80. The molecular weight excluding hydrogens is 246 g/mol. The zero-order valence-corrected chi connectivity index (χ0v) is 12.7. The van der Waals surface area contributed by atoms with Crippen LogP contribution in [0.3, 0.4) is 0 Å². The Kier molecular flexibility index (Phi) is 5.57. The van der Waals surface area contributed by atoms with Gasteiger partial charge in [-0.15, -0.1) is 0 Å². The minimum Gasteiger partial charge on any atom is -0.379 e. The molecule has 0 aromatic heterocycles. The minimum absolute atomic E-state index is 0.223. The first-order valence-electron chi connectivity index (χ1n) is 7.55. The second-order valence-corrected chi connectivity index (χ2v) is 5.20. The number of likely N-dealkylation sites (N-methyl/N-ethyl adjacent to an activating group) is 1. The van der Waals surface area contributed by atoms with Gasteiger partial charge < -0.3 is 10.1 Å². The molecule has 0 bridgehead atoms. The van der Waals surface area contributed by atoms with Crippen LogP contribution in [-0.4, -0.2) is 19.8 Å². The lowest BCUT2D eigenvalue weighted by molar-refractivity contribution is 0.0611. The molecule has 0 saturated heterocycles. The Morgan fingerprint density at radius 2 is 1.80 bits per heavy atom. The van der Waals surface area contributed by atoms with Crippen LogP contribution in [0, 0.1) is 0 Å². The van der Waals surface area contributed by atoms with Gasteiger partial charge in [-0.1, -0.05) is 56.7 Å². The van der Waals surface area contributed by atoms with Crippen molar-refractivity contribution >= 4 is 10.8 Å². The van der Waals surface area contributed by atoms with Crippen molar-refractivity contribution in [1.82, 2.24) is 5.32 Å². The molecule has 0 fully saturated rings. The normalized spacial score (nSPS) is 14.3. The molecule has 0 saturated carbocycles. The van der Waals surface area contributed by atoms with E-state index in [0.717, 1.165) is 19.4 Å². The van der Waals surface area contributed by atoms with Crippen molar-refractivity contribution < 1.29 is 4.74 Å². The van der Waals surface area contributed by atoms with Gasteiger partial charge in [0.05, 0.1) is 12.1 Å². The maximum atomic E-state index is 5.71. The fourth-order valence-corrected chi connectivity index (χ4v) is 2.79. The zero-order valence-electron chi connectivity index (χ0n) is 12.7. The van der Waals surface area contributed by atoms with Gasteiger partial charge in [0.25, 0.3) is 0 Å². The van der Waals surface area contributed by atoms with E-state index in [1.807, 2.05) is 7.11 Å². The number of nitrogens with one attached hydrogen (secondary N) is 1. The Bertz CT molecular complexity index is 538. The Labute approximate surface area is 122 Å². The zero-order chi connectivity index (χ0) is 14.4. The molecule has 2 aromatic carbocycles. The molecule has 2 heteroatoms. The van der Waals surface area contributed by atoms with Crippen LogP contribution in [0.25, 0.3) is 10.8 Å². The highest BCUT2D eigenvalue weighted by Crippen LogP contribution is 2.25. The summed E-state index contributed by atoms with van der Waals surface area (Å²) in [5.74, 6) is 0. The maximum Gasteiger partial charge on any atom is 0.0765 e. The molecular formula is C18H25NO. The lowest BCUT2D eigenvalue weighted by atomic mass is 9.95. The highest BCUT2D eigenvalue weighted by Gasteiger charge is 2.21. The van der Waals surface area contributed by atoms with Gasteiger partial charge in [0.2, 0.25) is 0 Å². The van der Waals surface area contributed by atoms with Crippen LogP contribution in [0.5, 0.6) is 0 Å². The van der Waals surface area contributed by atoms with Crippen LogP contribution in [0.4, 0.5) is 0 Å². The molecule has 2 atom stereocenters. The first-order chi connectivity index (χ1) is 9.80. The number of ether oxygens (including phenoxy) is 1. The Balaban J connectivity index is 2.34. The van der Waals surface area contributed by atoms with Crippen LogP contribution in [0.2, 0.25) is 0 Å². The molecule has 0 spiro atoms. The second kappa shape index (κ2) is 7.41. The summed E-state index contributed by atoms with van der Waals surface area (Å²) >= 11 is 0. The van der Waals surface area contributed by atoms with Gasteiger partial charge in [-0.25, -0.2) is 0 Å². The highest BCUT2D eigenvalue weighted by molar-refractivity contribution is 5.83.